The molecular weight excluding hydrogens is 905 g/mol. The van der Waals surface area contributed by atoms with Crippen LogP contribution in [0.1, 0.15) is 38.8 Å². The number of alkyl carbamates (subject to hydrolysis) is 2. The Balaban J connectivity index is 2.17. The van der Waals surface area contributed by atoms with Gasteiger partial charge in [0.25, 0.3) is 0 Å². The minimum Gasteiger partial charge on any atom is -0.490 e. The number of rotatable bonds is 30. The maximum absolute atomic E-state index is 13.1. The summed E-state index contributed by atoms with van der Waals surface area (Å²) in [6.07, 6.45) is 1.14. The van der Waals surface area contributed by atoms with Crippen LogP contribution in [0.15, 0.2) is 124 Å². The Morgan fingerprint density at radius 1 is 0.435 bits per heavy atom. The van der Waals surface area contributed by atoms with Gasteiger partial charge in [0.05, 0.1) is 0 Å². The van der Waals surface area contributed by atoms with Crippen molar-refractivity contribution in [1.29, 1.82) is 0 Å². The lowest BCUT2D eigenvalue weighted by Gasteiger charge is -2.30. The van der Waals surface area contributed by atoms with Gasteiger partial charge in [-0.05, 0) is 49.2 Å². The zero-order valence-electron chi connectivity index (χ0n) is 39.0. The van der Waals surface area contributed by atoms with Gasteiger partial charge in [0.2, 0.25) is 0 Å². The van der Waals surface area contributed by atoms with E-state index in [1.54, 1.807) is 24.3 Å². The lowest BCUT2D eigenvalue weighted by molar-refractivity contribution is -0.146. The van der Waals surface area contributed by atoms with Gasteiger partial charge in [-0.1, -0.05) is 77.6 Å². The monoisotopic (exact) mass is 962 g/mol. The molecule has 0 aromatic heterocycles. The van der Waals surface area contributed by atoms with Crippen molar-refractivity contribution in [2.45, 2.75) is 56.4 Å². The standard InChI is InChI=1S/C49H58N2O18/c1-11-39(52)62-27-37(68-45(58)50-48(9,29-64-41(54)13-3)30-65-42(55)14-4)25-60-35-21-17-33(18-22-35)47(7,8)34-19-23-36(24-20-34)61-26-38(28-63-40(53)12-2)69-46(59)51-49(10,31-66-43(56)15-5)32-67-44(57)16-6/h11-24,37-38H,1-6,25-32H2,7-10H3,(H,50,58)(H,51,59). The number of carbonyl (C=O) groups is 8. The van der Waals surface area contributed by atoms with E-state index < -0.39 is 116 Å². The summed E-state index contributed by atoms with van der Waals surface area (Å²) in [6.45, 7) is 23.7. The zero-order chi connectivity index (χ0) is 51.6. The Bertz CT molecular complexity index is 1980. The molecule has 0 aliphatic carbocycles. The summed E-state index contributed by atoms with van der Waals surface area (Å²) < 4.78 is 53.3. The van der Waals surface area contributed by atoms with Crippen LogP contribution in [0.3, 0.4) is 0 Å². The van der Waals surface area contributed by atoms with E-state index in [1.165, 1.54) is 13.8 Å². The predicted molar refractivity (Wildman–Crippen MR) is 247 cm³/mol. The Morgan fingerprint density at radius 3 is 0.957 bits per heavy atom. The number of esters is 6. The molecule has 2 rings (SSSR count). The van der Waals surface area contributed by atoms with Crippen molar-refractivity contribution in [2.24, 2.45) is 0 Å². The molecule has 69 heavy (non-hydrogen) atoms. The molecule has 2 N–H and O–H groups in total. The van der Waals surface area contributed by atoms with E-state index >= 15 is 0 Å². The summed E-state index contributed by atoms with van der Waals surface area (Å²) in [5, 5.41) is 5.00. The molecule has 2 atom stereocenters. The van der Waals surface area contributed by atoms with Crippen LogP contribution in [0.2, 0.25) is 0 Å². The van der Waals surface area contributed by atoms with Crippen molar-refractivity contribution < 1.29 is 85.7 Å². The van der Waals surface area contributed by atoms with E-state index in [2.05, 4.69) is 50.1 Å². The Labute approximate surface area is 399 Å². The van der Waals surface area contributed by atoms with Crippen LogP contribution in [0.4, 0.5) is 9.59 Å². The van der Waals surface area contributed by atoms with Crippen LogP contribution in [-0.2, 0) is 72.1 Å². The van der Waals surface area contributed by atoms with Crippen LogP contribution in [0.5, 0.6) is 11.5 Å². The van der Waals surface area contributed by atoms with E-state index in [-0.39, 0.29) is 13.2 Å². The minimum absolute atomic E-state index is 0.275. The summed E-state index contributed by atoms with van der Waals surface area (Å²) in [4.78, 5) is 96.8. The Morgan fingerprint density at radius 2 is 0.696 bits per heavy atom. The highest BCUT2D eigenvalue weighted by Gasteiger charge is 2.34. The first-order chi connectivity index (χ1) is 32.6. The second-order valence-electron chi connectivity index (χ2n) is 15.6. The van der Waals surface area contributed by atoms with Gasteiger partial charge in [0, 0.05) is 41.9 Å². The second-order valence-corrected chi connectivity index (χ2v) is 15.6. The lowest BCUT2D eigenvalue weighted by Crippen LogP contribution is -2.54. The molecule has 0 aliphatic heterocycles. The highest BCUT2D eigenvalue weighted by atomic mass is 16.6. The molecule has 0 bridgehead atoms. The summed E-state index contributed by atoms with van der Waals surface area (Å²) >= 11 is 0. The fraction of sp³-hybridized carbons (Fsp3) is 0.347. The van der Waals surface area contributed by atoms with Gasteiger partial charge in [-0.25, -0.2) is 38.4 Å². The highest BCUT2D eigenvalue weighted by molar-refractivity contribution is 5.83. The molecule has 20 heteroatoms. The quantitative estimate of drug-likeness (QED) is 0.0603. The fourth-order valence-electron chi connectivity index (χ4n) is 5.42. The number of amides is 2. The van der Waals surface area contributed by atoms with E-state index in [0.29, 0.717) is 11.5 Å². The molecular formula is C49H58N2O18. The predicted octanol–water partition coefficient (Wildman–Crippen LogP) is 4.85. The van der Waals surface area contributed by atoms with Crippen LogP contribution in [-0.4, -0.2) is 124 Å². The largest absolute Gasteiger partial charge is 0.490 e. The van der Waals surface area contributed by atoms with Crippen LogP contribution in [0, 0.1) is 0 Å². The summed E-state index contributed by atoms with van der Waals surface area (Å²) in [5.74, 6) is -3.98. The van der Waals surface area contributed by atoms with Gasteiger partial charge < -0.3 is 58.0 Å². The molecule has 2 aromatic rings. The smallest absolute Gasteiger partial charge is 0.408 e. The number of nitrogens with one attached hydrogen (secondary N) is 2. The molecule has 0 saturated heterocycles. The van der Waals surface area contributed by atoms with Crippen LogP contribution >= 0.6 is 0 Å². The van der Waals surface area contributed by atoms with E-state index in [9.17, 15) is 38.4 Å². The molecule has 372 valence electrons. The van der Waals surface area contributed by atoms with Crippen molar-refractivity contribution in [3.63, 3.8) is 0 Å². The highest BCUT2D eigenvalue weighted by Crippen LogP contribution is 2.33. The second kappa shape index (κ2) is 28.1. The summed E-state index contributed by atoms with van der Waals surface area (Å²) in [6, 6.07) is 14.1. The fourth-order valence-corrected chi connectivity index (χ4v) is 5.42. The maximum Gasteiger partial charge on any atom is 0.408 e. The lowest BCUT2D eigenvalue weighted by atomic mass is 9.78. The SMILES string of the molecule is C=CC(=O)OCC(COc1ccc(C(C)(C)c2ccc(OCC(COC(=O)C=C)OC(=O)NC(C)(COC(=O)C=C)COC(=O)C=C)cc2)cc1)OC(=O)NC(C)(COC(=O)C=C)COC(=O)C=C. The number of carbonyl (C=O) groups excluding carboxylic acids is 8. The third-order valence-corrected chi connectivity index (χ3v) is 9.33. The van der Waals surface area contributed by atoms with Crippen molar-refractivity contribution in [1.82, 2.24) is 10.6 Å². The van der Waals surface area contributed by atoms with Gasteiger partial charge in [0.1, 0.15) is 75.4 Å². The number of benzene rings is 2. The zero-order valence-corrected chi connectivity index (χ0v) is 39.0. The molecule has 0 aliphatic rings. The van der Waals surface area contributed by atoms with Gasteiger partial charge in [-0.15, -0.1) is 0 Å². The molecule has 0 spiro atoms. The van der Waals surface area contributed by atoms with Crippen LogP contribution in [0.25, 0.3) is 0 Å². The summed E-state index contributed by atoms with van der Waals surface area (Å²) in [5.41, 5.74) is -1.74. The van der Waals surface area contributed by atoms with Crippen molar-refractivity contribution in [3.8, 4) is 11.5 Å². The van der Waals surface area contributed by atoms with Gasteiger partial charge in [-0.3, -0.25) is 0 Å². The maximum atomic E-state index is 13.1. The molecule has 20 nitrogen and oxygen atoms in total. The molecule has 0 fully saturated rings. The third-order valence-electron chi connectivity index (χ3n) is 9.33. The minimum atomic E-state index is -1.46. The van der Waals surface area contributed by atoms with Crippen LogP contribution < -0.4 is 20.1 Å². The number of ether oxygens (including phenoxy) is 10. The van der Waals surface area contributed by atoms with Crippen molar-refractivity contribution in [2.75, 3.05) is 52.9 Å². The van der Waals surface area contributed by atoms with E-state index in [4.69, 9.17) is 47.4 Å². The van der Waals surface area contributed by atoms with Gasteiger partial charge in [-0.2, -0.15) is 0 Å². The molecule has 2 aromatic carbocycles. The average molecular weight is 963 g/mol. The molecule has 2 amide bonds. The Hall–Kier alpha value is -8.16. The van der Waals surface area contributed by atoms with Gasteiger partial charge in [0.15, 0.2) is 12.2 Å². The first-order valence-corrected chi connectivity index (χ1v) is 20.8. The topological polar surface area (TPSA) is 253 Å². The van der Waals surface area contributed by atoms with E-state index in [1.807, 2.05) is 38.1 Å². The van der Waals surface area contributed by atoms with Gasteiger partial charge >= 0.3 is 48.0 Å². The molecule has 0 radical (unpaired) electrons. The molecule has 0 heterocycles. The number of hydrogen-bond donors (Lipinski definition) is 2. The first-order valence-electron chi connectivity index (χ1n) is 20.8. The number of hydrogen-bond acceptors (Lipinski definition) is 18. The average Bonchev–Trinajstić information content (AvgIpc) is 3.34. The van der Waals surface area contributed by atoms with E-state index in [0.717, 1.165) is 47.6 Å². The Kier molecular flexibility index (Phi) is 23.2. The summed E-state index contributed by atoms with van der Waals surface area (Å²) in [7, 11) is 0. The molecule has 2 unspecified atom stereocenters. The van der Waals surface area contributed by atoms with Crippen molar-refractivity contribution >= 4 is 48.0 Å². The van der Waals surface area contributed by atoms with Crippen molar-refractivity contribution in [3.05, 3.63) is 136 Å². The normalized spacial score (nSPS) is 11.8. The third kappa shape index (κ3) is 20.9. The molecule has 0 saturated carbocycles. The first kappa shape index (κ1) is 57.0.